The zero-order chi connectivity index (χ0) is 9.19. The third-order valence-electron chi connectivity index (χ3n) is 2.64. The minimum atomic E-state index is -0.310. The Morgan fingerprint density at radius 2 is 2.50 bits per heavy atom. The first-order chi connectivity index (χ1) is 5.64. The van der Waals surface area contributed by atoms with Crippen molar-refractivity contribution in [1.82, 2.24) is 4.90 Å². The minimum Gasteiger partial charge on any atom is -0.394 e. The number of aliphatic hydroxyl groups excluding tert-OH is 1. The van der Waals surface area contributed by atoms with Crippen molar-refractivity contribution in [2.24, 2.45) is 0 Å². The van der Waals surface area contributed by atoms with Gasteiger partial charge in [0.05, 0.1) is 12.1 Å². The van der Waals surface area contributed by atoms with E-state index in [2.05, 4.69) is 20.8 Å². The van der Waals surface area contributed by atoms with Crippen molar-refractivity contribution in [3.05, 3.63) is 0 Å². The summed E-state index contributed by atoms with van der Waals surface area (Å²) in [6.45, 7) is 0.957. The maximum absolute atomic E-state index is 10.4. The number of alkyl halides is 1. The normalized spacial score (nSPS) is 37.1. The fraction of sp³-hybridized carbons (Fsp3) is 0.875. The molecule has 0 bridgehead atoms. The third-order valence-corrected chi connectivity index (χ3v) is 3.25. The molecule has 4 heteroatoms. The van der Waals surface area contributed by atoms with Crippen LogP contribution in [0.2, 0.25) is 0 Å². The predicted molar refractivity (Wildman–Crippen MR) is 50.5 cm³/mol. The summed E-state index contributed by atoms with van der Waals surface area (Å²) in [5, 5.41) is 9.21. The Hall–Kier alpha value is 0.0700. The van der Waals surface area contributed by atoms with Gasteiger partial charge >= 0.3 is 0 Å². The topological polar surface area (TPSA) is 40.5 Å². The molecule has 0 saturated carbocycles. The molecule has 1 N–H and O–H groups in total. The minimum absolute atomic E-state index is 0.0599. The lowest BCUT2D eigenvalue weighted by Crippen LogP contribution is -2.44. The molecule has 0 radical (unpaired) electrons. The zero-order valence-corrected chi connectivity index (χ0v) is 8.75. The lowest BCUT2D eigenvalue weighted by molar-refractivity contribution is -0.110. The van der Waals surface area contributed by atoms with Crippen molar-refractivity contribution in [2.75, 3.05) is 20.2 Å². The Morgan fingerprint density at radius 1 is 1.83 bits per heavy atom. The van der Waals surface area contributed by atoms with Crippen LogP contribution >= 0.6 is 15.9 Å². The summed E-state index contributed by atoms with van der Waals surface area (Å²) in [6, 6.07) is 0. The highest BCUT2D eigenvalue weighted by molar-refractivity contribution is 9.09. The Labute approximate surface area is 80.9 Å². The van der Waals surface area contributed by atoms with Crippen LogP contribution in [0.4, 0.5) is 0 Å². The first-order valence-corrected chi connectivity index (χ1v) is 4.96. The number of rotatable bonds is 3. The highest BCUT2D eigenvalue weighted by Crippen LogP contribution is 2.33. The first kappa shape index (κ1) is 10.2. The van der Waals surface area contributed by atoms with Gasteiger partial charge in [0.2, 0.25) is 0 Å². The van der Waals surface area contributed by atoms with Gasteiger partial charge in [-0.3, -0.25) is 4.90 Å². The predicted octanol–water partition coefficient (Wildman–Crippen LogP) is 0.406. The van der Waals surface area contributed by atoms with Crippen LogP contribution in [0, 0.1) is 0 Å². The van der Waals surface area contributed by atoms with Gasteiger partial charge in [-0.1, -0.05) is 15.9 Å². The molecule has 0 aliphatic carbocycles. The van der Waals surface area contributed by atoms with Crippen molar-refractivity contribution in [2.45, 2.75) is 23.2 Å². The molecule has 1 fully saturated rings. The first-order valence-electron chi connectivity index (χ1n) is 4.04. The van der Waals surface area contributed by atoms with Gasteiger partial charge in [0.1, 0.15) is 6.29 Å². The zero-order valence-electron chi connectivity index (χ0n) is 7.16. The van der Waals surface area contributed by atoms with Crippen molar-refractivity contribution in [3.8, 4) is 0 Å². The summed E-state index contributed by atoms with van der Waals surface area (Å²) in [5.74, 6) is 0. The molecule has 2 atom stereocenters. The van der Waals surface area contributed by atoms with E-state index >= 15 is 0 Å². The summed E-state index contributed by atoms with van der Waals surface area (Å²) in [6.07, 6.45) is 2.15. The van der Waals surface area contributed by atoms with E-state index in [-0.39, 0.29) is 12.1 Å². The van der Waals surface area contributed by atoms with E-state index in [1.165, 1.54) is 0 Å². The molecule has 2 unspecified atom stereocenters. The van der Waals surface area contributed by atoms with Crippen LogP contribution in [0.1, 0.15) is 12.8 Å². The van der Waals surface area contributed by atoms with Crippen LogP contribution in [0.3, 0.4) is 0 Å². The van der Waals surface area contributed by atoms with Crippen LogP contribution < -0.4 is 0 Å². The number of likely N-dealkylation sites (N-methyl/N-ethyl adjacent to an activating group) is 1. The third kappa shape index (κ3) is 1.70. The molecule has 1 aliphatic heterocycles. The number of halogens is 1. The lowest BCUT2D eigenvalue weighted by atomic mass is 9.94. The molecule has 1 rings (SSSR count). The largest absolute Gasteiger partial charge is 0.394 e. The summed E-state index contributed by atoms with van der Waals surface area (Å²) in [5.41, 5.74) is -0.310. The van der Waals surface area contributed by atoms with E-state index in [0.29, 0.717) is 11.2 Å². The Bertz CT molecular complexity index is 176. The maximum atomic E-state index is 10.4. The molecular formula is C8H14BrNO2. The van der Waals surface area contributed by atoms with E-state index in [0.717, 1.165) is 19.3 Å². The highest BCUT2D eigenvalue weighted by atomic mass is 79.9. The summed E-state index contributed by atoms with van der Waals surface area (Å²) in [4.78, 5) is 12.9. The molecule has 1 saturated heterocycles. The van der Waals surface area contributed by atoms with Gasteiger partial charge in [-0.25, -0.2) is 0 Å². The van der Waals surface area contributed by atoms with Gasteiger partial charge < -0.3 is 9.90 Å². The molecule has 1 aliphatic rings. The van der Waals surface area contributed by atoms with E-state index in [1.54, 1.807) is 0 Å². The Balaban J connectivity index is 2.71. The standard InChI is InChI=1S/C8H14BrNO2/c1-10-5-7(9)4-8(10,6-12)2-3-11/h3,7,12H,2,4-6H2,1H3. The lowest BCUT2D eigenvalue weighted by Gasteiger charge is -2.32. The molecule has 1 heterocycles. The summed E-state index contributed by atoms with van der Waals surface area (Å²) >= 11 is 3.50. The van der Waals surface area contributed by atoms with Gasteiger partial charge in [-0.2, -0.15) is 0 Å². The number of hydrogen-bond donors (Lipinski definition) is 1. The van der Waals surface area contributed by atoms with Gasteiger partial charge in [0.25, 0.3) is 0 Å². The van der Waals surface area contributed by atoms with E-state index in [4.69, 9.17) is 0 Å². The van der Waals surface area contributed by atoms with Crippen molar-refractivity contribution >= 4 is 22.2 Å². The van der Waals surface area contributed by atoms with Gasteiger partial charge in [-0.05, 0) is 13.5 Å². The molecule has 70 valence electrons. The quantitative estimate of drug-likeness (QED) is 0.569. The van der Waals surface area contributed by atoms with E-state index in [9.17, 15) is 9.90 Å². The SMILES string of the molecule is CN1CC(Br)CC1(CO)CC=O. The second kappa shape index (κ2) is 3.85. The number of aliphatic hydroxyl groups is 1. The van der Waals surface area contributed by atoms with E-state index < -0.39 is 0 Å². The number of hydrogen-bond acceptors (Lipinski definition) is 3. The fourth-order valence-electron chi connectivity index (χ4n) is 1.77. The van der Waals surface area contributed by atoms with Crippen LogP contribution in [-0.2, 0) is 4.79 Å². The van der Waals surface area contributed by atoms with Crippen LogP contribution in [-0.4, -0.2) is 46.9 Å². The van der Waals surface area contributed by atoms with Crippen LogP contribution in [0.25, 0.3) is 0 Å². The molecule has 0 spiro atoms. The fourth-order valence-corrected chi connectivity index (χ4v) is 2.80. The van der Waals surface area contributed by atoms with Gasteiger partial charge in [0.15, 0.2) is 0 Å². The molecular weight excluding hydrogens is 222 g/mol. The average molecular weight is 236 g/mol. The summed E-state index contributed by atoms with van der Waals surface area (Å²) in [7, 11) is 1.95. The molecule has 12 heavy (non-hydrogen) atoms. The highest BCUT2D eigenvalue weighted by Gasteiger charge is 2.41. The van der Waals surface area contributed by atoms with Crippen molar-refractivity contribution in [3.63, 3.8) is 0 Å². The monoisotopic (exact) mass is 235 g/mol. The molecule has 3 nitrogen and oxygen atoms in total. The number of carbonyl (C=O) groups excluding carboxylic acids is 1. The maximum Gasteiger partial charge on any atom is 0.121 e. The van der Waals surface area contributed by atoms with Gasteiger partial charge in [0, 0.05) is 17.8 Å². The van der Waals surface area contributed by atoms with Crippen LogP contribution in [0.15, 0.2) is 0 Å². The van der Waals surface area contributed by atoms with Crippen LogP contribution in [0.5, 0.6) is 0 Å². The molecule has 0 amide bonds. The number of aldehydes is 1. The number of likely N-dealkylation sites (tertiary alicyclic amines) is 1. The Morgan fingerprint density at radius 3 is 2.83 bits per heavy atom. The Kier molecular flexibility index (Phi) is 3.26. The molecule has 0 aromatic carbocycles. The smallest absolute Gasteiger partial charge is 0.121 e. The average Bonchev–Trinajstić information content (AvgIpc) is 2.28. The second-order valence-electron chi connectivity index (χ2n) is 3.44. The number of nitrogens with zero attached hydrogens (tertiary/aromatic N) is 1. The molecule has 0 aromatic rings. The van der Waals surface area contributed by atoms with Crippen molar-refractivity contribution < 1.29 is 9.90 Å². The number of carbonyl (C=O) groups is 1. The second-order valence-corrected chi connectivity index (χ2v) is 4.73. The molecule has 0 aromatic heterocycles. The summed E-state index contributed by atoms with van der Waals surface area (Å²) < 4.78 is 0. The van der Waals surface area contributed by atoms with E-state index in [1.807, 2.05) is 7.05 Å². The van der Waals surface area contributed by atoms with Gasteiger partial charge in [-0.15, -0.1) is 0 Å². The van der Waals surface area contributed by atoms with Crippen molar-refractivity contribution in [1.29, 1.82) is 0 Å².